The summed E-state index contributed by atoms with van der Waals surface area (Å²) in [7, 11) is 3.30. The molecule has 0 saturated carbocycles. The number of carbonyl (C=O) groups excluding carboxylic acids is 1. The second-order valence-electron chi connectivity index (χ2n) is 8.24. The van der Waals surface area contributed by atoms with E-state index >= 15 is 0 Å². The van der Waals surface area contributed by atoms with Crippen LogP contribution in [0.5, 0.6) is 5.75 Å². The van der Waals surface area contributed by atoms with Crippen molar-refractivity contribution in [3.8, 4) is 5.75 Å². The van der Waals surface area contributed by atoms with Crippen molar-refractivity contribution in [2.45, 2.75) is 20.0 Å². The highest BCUT2D eigenvalue weighted by Gasteiger charge is 2.27. The molecule has 8 heteroatoms. The van der Waals surface area contributed by atoms with Gasteiger partial charge in [0.25, 0.3) is 5.91 Å². The SMILES string of the molecule is COCc1nc(C)nc(N2CCN(C(=O)c3ccccc3F)CC2)c1Cc1ccc(OC)cc1. The van der Waals surface area contributed by atoms with Gasteiger partial charge in [-0.3, -0.25) is 4.79 Å². The number of hydrogen-bond acceptors (Lipinski definition) is 6. The summed E-state index contributed by atoms with van der Waals surface area (Å²) in [5.74, 6) is 1.55. The first-order chi connectivity index (χ1) is 16.5. The lowest BCUT2D eigenvalue weighted by molar-refractivity contribution is 0.0741. The molecule has 7 nitrogen and oxygen atoms in total. The van der Waals surface area contributed by atoms with E-state index in [1.165, 1.54) is 12.1 Å². The van der Waals surface area contributed by atoms with Gasteiger partial charge in [0, 0.05) is 45.3 Å². The van der Waals surface area contributed by atoms with Gasteiger partial charge in [0.05, 0.1) is 25.0 Å². The Morgan fingerprint density at radius 1 is 1.00 bits per heavy atom. The maximum Gasteiger partial charge on any atom is 0.256 e. The number of amides is 1. The Bertz CT molecular complexity index is 1150. The van der Waals surface area contributed by atoms with Crippen molar-refractivity contribution < 1.29 is 18.7 Å². The van der Waals surface area contributed by atoms with E-state index in [4.69, 9.17) is 14.5 Å². The van der Waals surface area contributed by atoms with E-state index in [9.17, 15) is 9.18 Å². The third-order valence-corrected chi connectivity index (χ3v) is 5.97. The van der Waals surface area contributed by atoms with Crippen molar-refractivity contribution in [1.82, 2.24) is 14.9 Å². The van der Waals surface area contributed by atoms with E-state index in [0.29, 0.717) is 45.0 Å². The predicted molar refractivity (Wildman–Crippen MR) is 128 cm³/mol. The van der Waals surface area contributed by atoms with Gasteiger partial charge in [0.1, 0.15) is 23.2 Å². The normalized spacial score (nSPS) is 13.8. The van der Waals surface area contributed by atoms with Gasteiger partial charge in [-0.15, -0.1) is 0 Å². The lowest BCUT2D eigenvalue weighted by Gasteiger charge is -2.36. The highest BCUT2D eigenvalue weighted by atomic mass is 19.1. The number of aryl methyl sites for hydroxylation is 1. The summed E-state index contributed by atoms with van der Waals surface area (Å²) in [6, 6.07) is 14.1. The molecule has 3 aromatic rings. The molecule has 1 aliphatic rings. The van der Waals surface area contributed by atoms with Crippen LogP contribution in [0.25, 0.3) is 0 Å². The molecule has 4 rings (SSSR count). The molecule has 1 fully saturated rings. The molecule has 0 unspecified atom stereocenters. The third kappa shape index (κ3) is 5.17. The fourth-order valence-corrected chi connectivity index (χ4v) is 4.21. The monoisotopic (exact) mass is 464 g/mol. The molecule has 1 saturated heterocycles. The van der Waals surface area contributed by atoms with Gasteiger partial charge in [-0.05, 0) is 36.8 Å². The number of nitrogens with zero attached hydrogens (tertiary/aromatic N) is 4. The lowest BCUT2D eigenvalue weighted by atomic mass is 10.0. The van der Waals surface area contributed by atoms with Crippen LogP contribution < -0.4 is 9.64 Å². The smallest absolute Gasteiger partial charge is 0.256 e. The molecule has 1 aliphatic heterocycles. The van der Waals surface area contributed by atoms with Crippen LogP contribution in [0.4, 0.5) is 10.2 Å². The van der Waals surface area contributed by atoms with Crippen molar-refractivity contribution in [3.05, 3.63) is 82.6 Å². The Kier molecular flexibility index (Phi) is 7.37. The van der Waals surface area contributed by atoms with Crippen LogP contribution in [0.3, 0.4) is 0 Å². The van der Waals surface area contributed by atoms with E-state index in [-0.39, 0.29) is 11.5 Å². The summed E-state index contributed by atoms with van der Waals surface area (Å²) in [6.07, 6.45) is 0.646. The quantitative estimate of drug-likeness (QED) is 0.532. The van der Waals surface area contributed by atoms with E-state index < -0.39 is 5.82 Å². The van der Waals surface area contributed by atoms with E-state index in [0.717, 1.165) is 28.4 Å². The number of methoxy groups -OCH3 is 2. The fourth-order valence-electron chi connectivity index (χ4n) is 4.21. The Morgan fingerprint density at radius 2 is 1.71 bits per heavy atom. The molecule has 0 N–H and O–H groups in total. The Hall–Kier alpha value is -3.52. The second kappa shape index (κ2) is 10.6. The molecule has 1 aromatic heterocycles. The van der Waals surface area contributed by atoms with Gasteiger partial charge in [0.2, 0.25) is 0 Å². The fraction of sp³-hybridized carbons (Fsp3) is 0.346. The zero-order chi connectivity index (χ0) is 24.1. The molecule has 0 atom stereocenters. The summed E-state index contributed by atoms with van der Waals surface area (Å²) in [5, 5.41) is 0. The van der Waals surface area contributed by atoms with Crippen molar-refractivity contribution in [2.75, 3.05) is 45.3 Å². The molecule has 2 heterocycles. The van der Waals surface area contributed by atoms with E-state index in [1.54, 1.807) is 31.3 Å². The minimum Gasteiger partial charge on any atom is -0.497 e. The second-order valence-corrected chi connectivity index (χ2v) is 8.24. The maximum absolute atomic E-state index is 14.1. The highest BCUT2D eigenvalue weighted by Crippen LogP contribution is 2.27. The van der Waals surface area contributed by atoms with Crippen LogP contribution in [0, 0.1) is 12.7 Å². The number of anilines is 1. The number of rotatable bonds is 7. The predicted octanol–water partition coefficient (Wildman–Crippen LogP) is 3.63. The molecule has 2 aromatic carbocycles. The van der Waals surface area contributed by atoms with Crippen LogP contribution in [-0.2, 0) is 17.8 Å². The minimum atomic E-state index is -0.493. The van der Waals surface area contributed by atoms with Gasteiger partial charge >= 0.3 is 0 Å². The van der Waals surface area contributed by atoms with Crippen molar-refractivity contribution in [2.24, 2.45) is 0 Å². The van der Waals surface area contributed by atoms with Crippen LogP contribution in [0.1, 0.15) is 33.0 Å². The number of carbonyl (C=O) groups is 1. The molecule has 34 heavy (non-hydrogen) atoms. The first-order valence-corrected chi connectivity index (χ1v) is 11.3. The molecule has 0 radical (unpaired) electrons. The largest absolute Gasteiger partial charge is 0.497 e. The Morgan fingerprint density at radius 3 is 2.35 bits per heavy atom. The lowest BCUT2D eigenvalue weighted by Crippen LogP contribution is -2.49. The van der Waals surface area contributed by atoms with Crippen LogP contribution in [0.15, 0.2) is 48.5 Å². The first-order valence-electron chi connectivity index (χ1n) is 11.3. The number of ether oxygens (including phenoxy) is 2. The van der Waals surface area contributed by atoms with Gasteiger partial charge < -0.3 is 19.3 Å². The Labute approximate surface area is 199 Å². The molecule has 1 amide bonds. The van der Waals surface area contributed by atoms with E-state index in [2.05, 4.69) is 9.88 Å². The molecule has 0 spiro atoms. The van der Waals surface area contributed by atoms with Crippen LogP contribution in [-0.4, -0.2) is 61.2 Å². The molecule has 0 aliphatic carbocycles. The van der Waals surface area contributed by atoms with Crippen LogP contribution >= 0.6 is 0 Å². The van der Waals surface area contributed by atoms with Crippen molar-refractivity contribution in [3.63, 3.8) is 0 Å². The molecular formula is C26H29FN4O3. The Balaban J connectivity index is 1.57. The average molecular weight is 465 g/mol. The summed E-state index contributed by atoms with van der Waals surface area (Å²) < 4.78 is 24.8. The zero-order valence-electron chi connectivity index (χ0n) is 19.8. The van der Waals surface area contributed by atoms with Gasteiger partial charge in [-0.2, -0.15) is 0 Å². The van der Waals surface area contributed by atoms with Crippen molar-refractivity contribution >= 4 is 11.7 Å². The number of halogens is 1. The first kappa shape index (κ1) is 23.6. The molecular weight excluding hydrogens is 435 g/mol. The zero-order valence-corrected chi connectivity index (χ0v) is 19.8. The molecule has 178 valence electrons. The van der Waals surface area contributed by atoms with Crippen LogP contribution in [0.2, 0.25) is 0 Å². The summed E-state index contributed by atoms with van der Waals surface area (Å²) >= 11 is 0. The van der Waals surface area contributed by atoms with Gasteiger partial charge in [-0.25, -0.2) is 14.4 Å². The molecule has 0 bridgehead atoms. The standard InChI is InChI=1S/C26H29FN4O3/c1-18-28-24(17-33-2)22(16-19-8-10-20(34-3)11-9-19)25(29-18)30-12-14-31(15-13-30)26(32)21-6-4-5-7-23(21)27/h4-11H,12-17H2,1-3H3. The summed E-state index contributed by atoms with van der Waals surface area (Å²) in [6.45, 7) is 4.42. The van der Waals surface area contributed by atoms with Crippen molar-refractivity contribution in [1.29, 1.82) is 0 Å². The van der Waals surface area contributed by atoms with E-state index in [1.807, 2.05) is 31.2 Å². The number of aromatic nitrogens is 2. The number of hydrogen-bond donors (Lipinski definition) is 0. The summed E-state index contributed by atoms with van der Waals surface area (Å²) in [5.41, 5.74) is 3.08. The van der Waals surface area contributed by atoms with Gasteiger partial charge in [-0.1, -0.05) is 24.3 Å². The third-order valence-electron chi connectivity index (χ3n) is 5.97. The highest BCUT2D eigenvalue weighted by molar-refractivity contribution is 5.94. The summed E-state index contributed by atoms with van der Waals surface area (Å²) in [4.78, 5) is 26.1. The minimum absolute atomic E-state index is 0.108. The average Bonchev–Trinajstić information content (AvgIpc) is 2.86. The van der Waals surface area contributed by atoms with Gasteiger partial charge in [0.15, 0.2) is 0 Å². The maximum atomic E-state index is 14.1. The number of piperazine rings is 1. The topological polar surface area (TPSA) is 67.8 Å². The number of benzene rings is 2.